The first kappa shape index (κ1) is 10.8. The van der Waals surface area contributed by atoms with E-state index in [4.69, 9.17) is 0 Å². The van der Waals surface area contributed by atoms with E-state index < -0.39 is 6.04 Å². The van der Waals surface area contributed by atoms with Crippen LogP contribution in [0.4, 0.5) is 0 Å². The Hall–Kier alpha value is -0.750. The topological polar surface area (TPSA) is 48.3 Å². The van der Waals surface area contributed by atoms with Crippen LogP contribution in [0.1, 0.15) is 6.04 Å². The van der Waals surface area contributed by atoms with Crippen molar-refractivity contribution in [2.45, 2.75) is 11.1 Å². The Bertz CT molecular complexity index is 471. The Morgan fingerprint density at radius 1 is 1.67 bits per heavy atom. The van der Waals surface area contributed by atoms with Crippen molar-refractivity contribution >= 4 is 33.7 Å². The van der Waals surface area contributed by atoms with E-state index in [0.29, 0.717) is 10.2 Å². The number of esters is 1. The van der Waals surface area contributed by atoms with Gasteiger partial charge in [0.05, 0.1) is 16.6 Å². The maximum Gasteiger partial charge on any atom is 0.329 e. The Morgan fingerprint density at radius 3 is 3.07 bits per heavy atom. The fourth-order valence-corrected chi connectivity index (χ4v) is 2.92. The van der Waals surface area contributed by atoms with Gasteiger partial charge in [0.25, 0.3) is 5.56 Å². The van der Waals surface area contributed by atoms with E-state index in [2.05, 4.69) is 20.7 Å². The van der Waals surface area contributed by atoms with Crippen molar-refractivity contribution in [3.05, 3.63) is 27.0 Å². The number of thioether (sulfide) groups is 1. The average molecular weight is 290 g/mol. The predicted molar refractivity (Wildman–Crippen MR) is 60.2 cm³/mol. The molecule has 6 heteroatoms. The van der Waals surface area contributed by atoms with Crippen LogP contribution < -0.4 is 5.56 Å². The SMILES string of the molecule is COC(=O)[C@@H]1CSc2ccc(Br)c(=O)n21. The van der Waals surface area contributed by atoms with Crippen molar-refractivity contribution in [3.8, 4) is 0 Å². The highest BCUT2D eigenvalue weighted by Gasteiger charge is 2.30. The van der Waals surface area contributed by atoms with Gasteiger partial charge in [0.2, 0.25) is 0 Å². The van der Waals surface area contributed by atoms with Gasteiger partial charge in [-0.1, -0.05) is 0 Å². The molecular weight excluding hydrogens is 282 g/mol. The number of nitrogens with zero attached hydrogens (tertiary/aromatic N) is 1. The lowest BCUT2D eigenvalue weighted by molar-refractivity contribution is -0.143. The highest BCUT2D eigenvalue weighted by molar-refractivity contribution is 9.10. The molecule has 0 aromatic carbocycles. The number of fused-ring (bicyclic) bond motifs is 1. The number of hydrogen-bond acceptors (Lipinski definition) is 4. The summed E-state index contributed by atoms with van der Waals surface area (Å²) in [5.74, 6) is 0.180. The number of methoxy groups -OCH3 is 1. The van der Waals surface area contributed by atoms with Gasteiger partial charge in [0.1, 0.15) is 6.04 Å². The minimum absolute atomic E-state index is 0.187. The van der Waals surface area contributed by atoms with E-state index in [1.165, 1.54) is 23.4 Å². The van der Waals surface area contributed by atoms with Gasteiger partial charge < -0.3 is 4.74 Å². The van der Waals surface area contributed by atoms with Crippen molar-refractivity contribution in [3.63, 3.8) is 0 Å². The number of hydrogen-bond donors (Lipinski definition) is 0. The van der Waals surface area contributed by atoms with Crippen LogP contribution in [0.25, 0.3) is 0 Å². The van der Waals surface area contributed by atoms with Gasteiger partial charge in [0.15, 0.2) is 0 Å². The van der Waals surface area contributed by atoms with Crippen LogP contribution in [0.3, 0.4) is 0 Å². The lowest BCUT2D eigenvalue weighted by Crippen LogP contribution is -2.29. The first-order valence-corrected chi connectivity index (χ1v) is 6.04. The molecule has 0 spiro atoms. The first-order valence-electron chi connectivity index (χ1n) is 4.27. The number of pyridine rings is 1. The zero-order chi connectivity index (χ0) is 11.0. The molecule has 1 aromatic heterocycles. The molecule has 1 atom stereocenters. The highest BCUT2D eigenvalue weighted by atomic mass is 79.9. The third-order valence-electron chi connectivity index (χ3n) is 2.21. The largest absolute Gasteiger partial charge is 0.467 e. The Labute approximate surface area is 98.7 Å². The zero-order valence-corrected chi connectivity index (χ0v) is 10.3. The second kappa shape index (κ2) is 4.02. The quantitative estimate of drug-likeness (QED) is 0.734. The molecule has 0 saturated carbocycles. The smallest absolute Gasteiger partial charge is 0.329 e. The van der Waals surface area contributed by atoms with Crippen LogP contribution in [-0.2, 0) is 9.53 Å². The Kier molecular flexibility index (Phi) is 2.88. The summed E-state index contributed by atoms with van der Waals surface area (Å²) in [6, 6.07) is 3.01. The number of halogens is 1. The number of ether oxygens (including phenoxy) is 1. The maximum absolute atomic E-state index is 11.8. The lowest BCUT2D eigenvalue weighted by atomic mass is 10.3. The first-order chi connectivity index (χ1) is 7.15. The molecule has 0 aliphatic carbocycles. The van der Waals surface area contributed by atoms with Crippen LogP contribution >= 0.6 is 27.7 Å². The Balaban J connectivity index is 2.54. The lowest BCUT2D eigenvalue weighted by Gasteiger charge is -2.10. The van der Waals surface area contributed by atoms with E-state index in [1.807, 2.05) is 6.07 Å². The van der Waals surface area contributed by atoms with Gasteiger partial charge in [0, 0.05) is 5.75 Å². The van der Waals surface area contributed by atoms with Crippen molar-refractivity contribution < 1.29 is 9.53 Å². The fraction of sp³-hybridized carbons (Fsp3) is 0.333. The van der Waals surface area contributed by atoms with Crippen LogP contribution in [0.5, 0.6) is 0 Å². The minimum atomic E-state index is -0.500. The van der Waals surface area contributed by atoms with E-state index in [9.17, 15) is 9.59 Å². The summed E-state index contributed by atoms with van der Waals surface area (Å²) in [5.41, 5.74) is -0.187. The summed E-state index contributed by atoms with van der Waals surface area (Å²) in [4.78, 5) is 23.2. The third-order valence-corrected chi connectivity index (χ3v) is 3.92. The van der Waals surface area contributed by atoms with E-state index in [0.717, 1.165) is 5.03 Å². The standard InChI is InChI=1S/C9H8BrNO3S/c1-14-9(13)6-4-15-7-3-2-5(10)8(12)11(6)7/h2-3,6H,4H2,1H3/t6-/m0/s1. The van der Waals surface area contributed by atoms with Crippen molar-refractivity contribution in [1.29, 1.82) is 0 Å². The Morgan fingerprint density at radius 2 is 2.40 bits per heavy atom. The molecule has 4 nitrogen and oxygen atoms in total. The summed E-state index contributed by atoms with van der Waals surface area (Å²) < 4.78 is 6.59. The molecule has 0 radical (unpaired) electrons. The molecule has 0 amide bonds. The number of aromatic nitrogens is 1. The molecule has 1 aromatic rings. The molecule has 0 N–H and O–H groups in total. The molecule has 0 bridgehead atoms. The minimum Gasteiger partial charge on any atom is -0.467 e. The van der Waals surface area contributed by atoms with Gasteiger partial charge in [-0.15, -0.1) is 11.8 Å². The molecule has 2 heterocycles. The molecule has 0 saturated heterocycles. The van der Waals surface area contributed by atoms with Crippen molar-refractivity contribution in [2.24, 2.45) is 0 Å². The van der Waals surface area contributed by atoms with Gasteiger partial charge in [-0.3, -0.25) is 9.36 Å². The summed E-state index contributed by atoms with van der Waals surface area (Å²) >= 11 is 4.64. The van der Waals surface area contributed by atoms with Crippen LogP contribution in [0, 0.1) is 0 Å². The second-order valence-corrected chi connectivity index (χ2v) is 4.94. The second-order valence-electron chi connectivity index (χ2n) is 3.04. The van der Waals surface area contributed by atoms with Gasteiger partial charge in [-0.05, 0) is 28.1 Å². The summed E-state index contributed by atoms with van der Waals surface area (Å²) in [6.45, 7) is 0. The molecule has 0 fully saturated rings. The molecule has 2 rings (SSSR count). The average Bonchev–Trinajstić information content (AvgIpc) is 2.67. The third kappa shape index (κ3) is 1.72. The van der Waals surface area contributed by atoms with E-state index in [-0.39, 0.29) is 11.5 Å². The predicted octanol–water partition coefficient (Wildman–Crippen LogP) is 1.43. The van der Waals surface area contributed by atoms with Crippen LogP contribution in [-0.4, -0.2) is 23.4 Å². The normalized spacial score (nSPS) is 18.7. The van der Waals surface area contributed by atoms with E-state index in [1.54, 1.807) is 6.07 Å². The van der Waals surface area contributed by atoms with Crippen LogP contribution in [0.15, 0.2) is 26.4 Å². The van der Waals surface area contributed by atoms with Crippen molar-refractivity contribution in [1.82, 2.24) is 4.57 Å². The van der Waals surface area contributed by atoms with Crippen LogP contribution in [0.2, 0.25) is 0 Å². The molecule has 15 heavy (non-hydrogen) atoms. The molecule has 80 valence electrons. The number of carbonyl (C=O) groups is 1. The summed E-state index contributed by atoms with van der Waals surface area (Å²) in [5, 5.41) is 0.804. The number of rotatable bonds is 1. The maximum atomic E-state index is 11.8. The monoisotopic (exact) mass is 289 g/mol. The molecule has 1 aliphatic rings. The molecule has 0 unspecified atom stereocenters. The summed E-state index contributed by atoms with van der Waals surface area (Å²) in [6.07, 6.45) is 0. The highest BCUT2D eigenvalue weighted by Crippen LogP contribution is 2.32. The van der Waals surface area contributed by atoms with E-state index >= 15 is 0 Å². The van der Waals surface area contributed by atoms with Gasteiger partial charge >= 0.3 is 5.97 Å². The molecular formula is C9H8BrNO3S. The van der Waals surface area contributed by atoms with Gasteiger partial charge in [-0.25, -0.2) is 4.79 Å². The summed E-state index contributed by atoms with van der Waals surface area (Å²) in [7, 11) is 1.33. The number of carbonyl (C=O) groups excluding carboxylic acids is 1. The fourth-order valence-electron chi connectivity index (χ4n) is 1.47. The van der Waals surface area contributed by atoms with Gasteiger partial charge in [-0.2, -0.15) is 0 Å². The molecule has 1 aliphatic heterocycles. The van der Waals surface area contributed by atoms with Crippen molar-refractivity contribution in [2.75, 3.05) is 12.9 Å². The zero-order valence-electron chi connectivity index (χ0n) is 7.90.